The van der Waals surface area contributed by atoms with Gasteiger partial charge in [0, 0.05) is 0 Å². The minimum absolute atomic E-state index is 0.905. The standard InChI is InChI=1S/C23H44/c1-8-16(5)19(9-2)12-10-11-17(6)22-18(7)21-14-13-20(15(3)4)23(21)22/h15-23H,8-14H2,1-7H3. The quantitative estimate of drug-likeness (QED) is 0.414. The molecule has 8 atom stereocenters. The van der Waals surface area contributed by atoms with E-state index < -0.39 is 0 Å². The number of rotatable bonds is 9. The second-order valence-corrected chi connectivity index (χ2v) is 9.62. The van der Waals surface area contributed by atoms with Crippen LogP contribution in [0.4, 0.5) is 0 Å². The van der Waals surface area contributed by atoms with Crippen LogP contribution in [0.1, 0.15) is 93.4 Å². The fourth-order valence-corrected chi connectivity index (χ4v) is 6.56. The Bertz CT molecular complexity index is 344. The van der Waals surface area contributed by atoms with Crippen molar-refractivity contribution in [3.63, 3.8) is 0 Å². The van der Waals surface area contributed by atoms with Crippen LogP contribution in [0.5, 0.6) is 0 Å². The Morgan fingerprint density at radius 2 is 1.61 bits per heavy atom. The molecule has 0 nitrogen and oxygen atoms in total. The molecule has 0 spiro atoms. The summed E-state index contributed by atoms with van der Waals surface area (Å²) in [6.45, 7) is 17.3. The van der Waals surface area contributed by atoms with Crippen LogP contribution in [-0.4, -0.2) is 0 Å². The van der Waals surface area contributed by atoms with Crippen molar-refractivity contribution in [2.75, 3.05) is 0 Å². The van der Waals surface area contributed by atoms with E-state index in [0.717, 1.165) is 53.3 Å². The van der Waals surface area contributed by atoms with Gasteiger partial charge in [0.05, 0.1) is 0 Å². The van der Waals surface area contributed by atoms with E-state index in [-0.39, 0.29) is 0 Å². The molecule has 2 fully saturated rings. The zero-order valence-corrected chi connectivity index (χ0v) is 17.1. The Labute approximate surface area is 147 Å². The number of hydrogen-bond acceptors (Lipinski definition) is 0. The summed E-state index contributed by atoms with van der Waals surface area (Å²) in [5.74, 6) is 8.99. The Morgan fingerprint density at radius 1 is 0.913 bits per heavy atom. The smallest absolute Gasteiger partial charge is 0.0319 e. The first-order chi connectivity index (χ1) is 10.9. The maximum Gasteiger partial charge on any atom is -0.0319 e. The third-order valence-electron chi connectivity index (χ3n) is 8.27. The van der Waals surface area contributed by atoms with Crippen molar-refractivity contribution in [2.45, 2.75) is 93.4 Å². The molecule has 0 aromatic heterocycles. The monoisotopic (exact) mass is 320 g/mol. The lowest BCUT2D eigenvalue weighted by Gasteiger charge is -2.53. The third-order valence-corrected chi connectivity index (χ3v) is 8.27. The molecular weight excluding hydrogens is 276 g/mol. The van der Waals surface area contributed by atoms with Gasteiger partial charge in [-0.15, -0.1) is 0 Å². The molecule has 0 aromatic rings. The highest BCUT2D eigenvalue weighted by Crippen LogP contribution is 2.62. The van der Waals surface area contributed by atoms with E-state index in [9.17, 15) is 0 Å². The molecule has 0 saturated heterocycles. The van der Waals surface area contributed by atoms with Gasteiger partial charge in [-0.2, -0.15) is 0 Å². The van der Waals surface area contributed by atoms with E-state index in [1.807, 2.05) is 0 Å². The minimum Gasteiger partial charge on any atom is -0.0651 e. The summed E-state index contributed by atoms with van der Waals surface area (Å²) in [6, 6.07) is 0. The molecule has 0 N–H and O–H groups in total. The summed E-state index contributed by atoms with van der Waals surface area (Å²) in [5.41, 5.74) is 0. The van der Waals surface area contributed by atoms with Gasteiger partial charge < -0.3 is 0 Å². The Balaban J connectivity index is 1.82. The van der Waals surface area contributed by atoms with Gasteiger partial charge in [-0.1, -0.05) is 80.6 Å². The molecule has 2 rings (SSSR count). The molecule has 2 aliphatic carbocycles. The van der Waals surface area contributed by atoms with Crippen molar-refractivity contribution in [1.82, 2.24) is 0 Å². The van der Waals surface area contributed by atoms with E-state index in [2.05, 4.69) is 48.5 Å². The van der Waals surface area contributed by atoms with Gasteiger partial charge in [-0.25, -0.2) is 0 Å². The second kappa shape index (κ2) is 8.39. The molecule has 0 amide bonds. The first-order valence-electron chi connectivity index (χ1n) is 10.9. The van der Waals surface area contributed by atoms with Crippen LogP contribution in [0.25, 0.3) is 0 Å². The van der Waals surface area contributed by atoms with E-state index in [1.165, 1.54) is 44.9 Å². The lowest BCUT2D eigenvalue weighted by atomic mass is 9.52. The molecule has 0 heterocycles. The van der Waals surface area contributed by atoms with Gasteiger partial charge in [0.25, 0.3) is 0 Å². The summed E-state index contributed by atoms with van der Waals surface area (Å²) in [4.78, 5) is 0. The van der Waals surface area contributed by atoms with Crippen molar-refractivity contribution in [3.8, 4) is 0 Å². The highest BCUT2D eigenvalue weighted by Gasteiger charge is 2.55. The van der Waals surface area contributed by atoms with Crippen LogP contribution >= 0.6 is 0 Å². The van der Waals surface area contributed by atoms with Gasteiger partial charge in [0.1, 0.15) is 0 Å². The van der Waals surface area contributed by atoms with E-state index in [0.29, 0.717) is 0 Å². The molecule has 2 aliphatic rings. The maximum atomic E-state index is 2.58. The van der Waals surface area contributed by atoms with Gasteiger partial charge in [0.2, 0.25) is 0 Å². The summed E-state index contributed by atoms with van der Waals surface area (Å²) in [7, 11) is 0. The zero-order valence-electron chi connectivity index (χ0n) is 17.1. The average Bonchev–Trinajstić information content (AvgIpc) is 2.90. The minimum atomic E-state index is 0.905. The fourth-order valence-electron chi connectivity index (χ4n) is 6.56. The third kappa shape index (κ3) is 3.98. The molecule has 2 saturated carbocycles. The van der Waals surface area contributed by atoms with E-state index >= 15 is 0 Å². The van der Waals surface area contributed by atoms with Crippen molar-refractivity contribution in [1.29, 1.82) is 0 Å². The summed E-state index contributed by atoms with van der Waals surface area (Å²) in [6.07, 6.45) is 10.2. The Hall–Kier alpha value is 0. The lowest BCUT2D eigenvalue weighted by Crippen LogP contribution is -2.48. The molecule has 0 aromatic carbocycles. The van der Waals surface area contributed by atoms with Crippen LogP contribution in [0, 0.1) is 53.3 Å². The molecular formula is C23H44. The van der Waals surface area contributed by atoms with E-state index in [1.54, 1.807) is 0 Å². The van der Waals surface area contributed by atoms with E-state index in [4.69, 9.17) is 0 Å². The second-order valence-electron chi connectivity index (χ2n) is 9.62. The average molecular weight is 321 g/mol. The van der Waals surface area contributed by atoms with Gasteiger partial charge in [-0.3, -0.25) is 0 Å². The van der Waals surface area contributed by atoms with Crippen LogP contribution in [0.3, 0.4) is 0 Å². The highest BCUT2D eigenvalue weighted by atomic mass is 14.6. The van der Waals surface area contributed by atoms with Crippen molar-refractivity contribution < 1.29 is 0 Å². The summed E-state index contributed by atoms with van der Waals surface area (Å²) < 4.78 is 0. The summed E-state index contributed by atoms with van der Waals surface area (Å²) in [5, 5.41) is 0. The van der Waals surface area contributed by atoms with Crippen molar-refractivity contribution >= 4 is 0 Å². The Morgan fingerprint density at radius 3 is 2.17 bits per heavy atom. The topological polar surface area (TPSA) is 0 Å². The first kappa shape index (κ1) is 19.3. The molecule has 0 radical (unpaired) electrons. The SMILES string of the molecule is CCC(C)C(CC)CCCC(C)C1C(C)C2CCC(C(C)C)C21. The van der Waals surface area contributed by atoms with Crippen molar-refractivity contribution in [2.24, 2.45) is 53.3 Å². The Kier molecular flexibility index (Phi) is 7.05. The predicted molar refractivity (Wildman–Crippen MR) is 103 cm³/mol. The van der Waals surface area contributed by atoms with Crippen LogP contribution in [0.15, 0.2) is 0 Å². The lowest BCUT2D eigenvalue weighted by molar-refractivity contribution is -0.0560. The maximum absolute atomic E-state index is 2.58. The molecule has 0 heteroatoms. The zero-order chi connectivity index (χ0) is 17.1. The first-order valence-corrected chi connectivity index (χ1v) is 10.9. The number of hydrogen-bond donors (Lipinski definition) is 0. The fraction of sp³-hybridized carbons (Fsp3) is 1.00. The van der Waals surface area contributed by atoms with Crippen LogP contribution in [-0.2, 0) is 0 Å². The molecule has 8 unspecified atom stereocenters. The van der Waals surface area contributed by atoms with Gasteiger partial charge in [0.15, 0.2) is 0 Å². The highest BCUT2D eigenvalue weighted by molar-refractivity contribution is 5.04. The largest absolute Gasteiger partial charge is 0.0651 e. The molecule has 0 bridgehead atoms. The molecule has 136 valence electrons. The van der Waals surface area contributed by atoms with Gasteiger partial charge >= 0.3 is 0 Å². The predicted octanol–water partition coefficient (Wildman–Crippen LogP) is 7.43. The molecule has 23 heavy (non-hydrogen) atoms. The number of fused-ring (bicyclic) bond motifs is 1. The molecule has 0 aliphatic heterocycles. The van der Waals surface area contributed by atoms with Crippen LogP contribution < -0.4 is 0 Å². The summed E-state index contributed by atoms with van der Waals surface area (Å²) >= 11 is 0. The van der Waals surface area contributed by atoms with Crippen LogP contribution in [0.2, 0.25) is 0 Å². The van der Waals surface area contributed by atoms with Gasteiger partial charge in [-0.05, 0) is 66.1 Å². The van der Waals surface area contributed by atoms with Crippen molar-refractivity contribution in [3.05, 3.63) is 0 Å². The normalized spacial score (nSPS) is 37.3.